The molecule has 116 valence electrons. The van der Waals surface area contributed by atoms with Crippen molar-refractivity contribution in [3.8, 4) is 0 Å². The Bertz CT molecular complexity index is 445. The van der Waals surface area contributed by atoms with Crippen molar-refractivity contribution in [2.75, 3.05) is 19.7 Å². The van der Waals surface area contributed by atoms with E-state index in [-0.39, 0.29) is 17.8 Å². The van der Waals surface area contributed by atoms with Crippen LogP contribution < -0.4 is 0 Å². The zero-order valence-corrected chi connectivity index (χ0v) is 12.7. The molecular weight excluding hydrogens is 265 g/mol. The van der Waals surface area contributed by atoms with Gasteiger partial charge in [-0.3, -0.25) is 0 Å². The topological polar surface area (TPSA) is 23.5 Å². The Labute approximate surface area is 127 Å². The molecule has 2 nitrogen and oxygen atoms in total. The van der Waals surface area contributed by atoms with E-state index in [4.69, 9.17) is 0 Å². The lowest BCUT2D eigenvalue weighted by Crippen LogP contribution is -2.45. The zero-order valence-electron chi connectivity index (χ0n) is 12.7. The molecule has 1 aromatic carbocycles. The number of benzene rings is 1. The first-order valence-electron chi connectivity index (χ1n) is 8.34. The summed E-state index contributed by atoms with van der Waals surface area (Å²) in [5, 5.41) is 9.95. The minimum absolute atomic E-state index is 0.153. The smallest absolute Gasteiger partial charge is 0.123 e. The van der Waals surface area contributed by atoms with E-state index < -0.39 is 0 Å². The first kappa shape index (κ1) is 15.0. The number of nitrogens with zero attached hydrogens (tertiary/aromatic N) is 1. The van der Waals surface area contributed by atoms with Gasteiger partial charge in [-0.15, -0.1) is 0 Å². The Morgan fingerprint density at radius 1 is 1.05 bits per heavy atom. The highest BCUT2D eigenvalue weighted by Gasteiger charge is 2.38. The monoisotopic (exact) mass is 291 g/mol. The van der Waals surface area contributed by atoms with E-state index in [2.05, 4.69) is 4.90 Å². The average Bonchev–Trinajstić information content (AvgIpc) is 2.56. The predicted octanol–water partition coefficient (Wildman–Crippen LogP) is 3.48. The molecule has 0 bridgehead atoms. The van der Waals surface area contributed by atoms with Crippen molar-refractivity contribution in [3.63, 3.8) is 0 Å². The molecule has 1 saturated heterocycles. The van der Waals surface area contributed by atoms with Crippen LogP contribution in [-0.2, 0) is 5.41 Å². The fourth-order valence-electron chi connectivity index (χ4n) is 4.15. The van der Waals surface area contributed by atoms with Crippen LogP contribution in [0.4, 0.5) is 4.39 Å². The van der Waals surface area contributed by atoms with Gasteiger partial charge in [0.1, 0.15) is 5.82 Å². The molecule has 1 saturated carbocycles. The highest BCUT2D eigenvalue weighted by atomic mass is 19.1. The maximum Gasteiger partial charge on any atom is 0.123 e. The molecule has 0 aromatic heterocycles. The molecular formula is C18H26FNO. The lowest BCUT2D eigenvalue weighted by atomic mass is 9.68. The molecule has 0 spiro atoms. The van der Waals surface area contributed by atoms with E-state index in [1.165, 1.54) is 44.5 Å². The number of hydrogen-bond acceptors (Lipinski definition) is 2. The molecule has 0 radical (unpaired) electrons. The van der Waals surface area contributed by atoms with Crippen molar-refractivity contribution in [1.29, 1.82) is 0 Å². The molecule has 1 N–H and O–H groups in total. The van der Waals surface area contributed by atoms with Crippen LogP contribution in [0.25, 0.3) is 0 Å². The maximum atomic E-state index is 13.1. The molecule has 0 atom stereocenters. The number of hydrogen-bond donors (Lipinski definition) is 1. The highest BCUT2D eigenvalue weighted by molar-refractivity contribution is 5.27. The predicted molar refractivity (Wildman–Crippen MR) is 82.8 cm³/mol. The summed E-state index contributed by atoms with van der Waals surface area (Å²) in [6, 6.07) is 7.43. The molecule has 1 aromatic rings. The molecule has 3 heteroatoms. The van der Waals surface area contributed by atoms with Crippen LogP contribution in [-0.4, -0.2) is 35.7 Å². The van der Waals surface area contributed by atoms with Gasteiger partial charge in [0.25, 0.3) is 0 Å². The van der Waals surface area contributed by atoms with Crippen molar-refractivity contribution < 1.29 is 9.50 Å². The van der Waals surface area contributed by atoms with E-state index >= 15 is 0 Å². The number of aliphatic hydroxyl groups is 1. The maximum absolute atomic E-state index is 13.1. The number of aliphatic hydroxyl groups excluding tert-OH is 1. The minimum Gasteiger partial charge on any atom is -0.395 e. The zero-order chi connectivity index (χ0) is 14.7. The largest absolute Gasteiger partial charge is 0.395 e. The second kappa shape index (κ2) is 6.45. The second-order valence-electron chi connectivity index (χ2n) is 6.77. The normalized spacial score (nSPS) is 31.2. The standard InChI is InChI=1S/C18H26FNO/c19-16-6-4-15(5-7-16)18(14-21)10-8-17(9-11-18)20-12-2-1-3-13-20/h4-7,17,21H,1-3,8-14H2/t17-,18+. The van der Waals surface area contributed by atoms with Crippen molar-refractivity contribution in [1.82, 2.24) is 4.90 Å². The van der Waals surface area contributed by atoms with Gasteiger partial charge in [-0.1, -0.05) is 18.6 Å². The van der Waals surface area contributed by atoms with Crippen LogP contribution in [0.2, 0.25) is 0 Å². The van der Waals surface area contributed by atoms with Gasteiger partial charge in [-0.25, -0.2) is 4.39 Å². The first-order valence-corrected chi connectivity index (χ1v) is 8.34. The molecule has 21 heavy (non-hydrogen) atoms. The highest BCUT2D eigenvalue weighted by Crippen LogP contribution is 2.41. The van der Waals surface area contributed by atoms with E-state index in [0.717, 1.165) is 31.2 Å². The summed E-state index contributed by atoms with van der Waals surface area (Å²) in [6.45, 7) is 2.66. The van der Waals surface area contributed by atoms with Crippen LogP contribution in [0.1, 0.15) is 50.5 Å². The Balaban J connectivity index is 1.68. The van der Waals surface area contributed by atoms with Gasteiger partial charge in [-0.2, -0.15) is 0 Å². The number of halogens is 1. The van der Waals surface area contributed by atoms with E-state index in [0.29, 0.717) is 6.04 Å². The number of likely N-dealkylation sites (tertiary alicyclic amines) is 1. The Kier molecular flexibility index (Phi) is 4.60. The van der Waals surface area contributed by atoms with Crippen LogP contribution in [0.3, 0.4) is 0 Å². The van der Waals surface area contributed by atoms with E-state index in [1.807, 2.05) is 12.1 Å². The van der Waals surface area contributed by atoms with Crippen LogP contribution >= 0.6 is 0 Å². The molecule has 0 amide bonds. The minimum atomic E-state index is -0.200. The van der Waals surface area contributed by atoms with Crippen molar-refractivity contribution in [2.45, 2.75) is 56.4 Å². The van der Waals surface area contributed by atoms with Crippen molar-refractivity contribution in [3.05, 3.63) is 35.6 Å². The molecule has 1 heterocycles. The quantitative estimate of drug-likeness (QED) is 0.921. The first-order chi connectivity index (χ1) is 10.2. The third kappa shape index (κ3) is 3.14. The molecule has 0 unspecified atom stereocenters. The van der Waals surface area contributed by atoms with Crippen molar-refractivity contribution >= 4 is 0 Å². The van der Waals surface area contributed by atoms with Gasteiger partial charge in [-0.05, 0) is 69.3 Å². The fraction of sp³-hybridized carbons (Fsp3) is 0.667. The molecule has 3 rings (SSSR count). The molecule has 2 fully saturated rings. The van der Waals surface area contributed by atoms with Crippen LogP contribution in [0.15, 0.2) is 24.3 Å². The Morgan fingerprint density at radius 2 is 1.67 bits per heavy atom. The van der Waals surface area contributed by atoms with Crippen LogP contribution in [0.5, 0.6) is 0 Å². The van der Waals surface area contributed by atoms with Gasteiger partial charge in [0.15, 0.2) is 0 Å². The Morgan fingerprint density at radius 3 is 2.24 bits per heavy atom. The summed E-state index contributed by atoms with van der Waals surface area (Å²) in [6.07, 6.45) is 8.36. The molecule has 1 aliphatic heterocycles. The summed E-state index contributed by atoms with van der Waals surface area (Å²) in [5.74, 6) is -0.200. The summed E-state index contributed by atoms with van der Waals surface area (Å²) in [7, 11) is 0. The van der Waals surface area contributed by atoms with E-state index in [1.54, 1.807) is 0 Å². The summed E-state index contributed by atoms with van der Waals surface area (Å²) in [4.78, 5) is 2.65. The van der Waals surface area contributed by atoms with Crippen LogP contribution in [0, 0.1) is 5.82 Å². The van der Waals surface area contributed by atoms with Gasteiger partial charge >= 0.3 is 0 Å². The SMILES string of the molecule is OC[C@]1(c2ccc(F)cc2)CC[C@@H](N2CCCCC2)CC1. The summed E-state index contributed by atoms with van der Waals surface area (Å²) < 4.78 is 13.1. The summed E-state index contributed by atoms with van der Waals surface area (Å²) in [5.41, 5.74) is 0.948. The third-order valence-electron chi connectivity index (χ3n) is 5.58. The van der Waals surface area contributed by atoms with E-state index in [9.17, 15) is 9.50 Å². The van der Waals surface area contributed by atoms with Gasteiger partial charge in [0, 0.05) is 11.5 Å². The average molecular weight is 291 g/mol. The second-order valence-corrected chi connectivity index (χ2v) is 6.77. The fourth-order valence-corrected chi connectivity index (χ4v) is 4.15. The van der Waals surface area contributed by atoms with Crippen molar-refractivity contribution in [2.24, 2.45) is 0 Å². The summed E-state index contributed by atoms with van der Waals surface area (Å²) >= 11 is 0. The molecule has 1 aliphatic carbocycles. The lowest BCUT2D eigenvalue weighted by Gasteiger charge is -2.44. The number of piperidine rings is 1. The molecule has 2 aliphatic rings. The van der Waals surface area contributed by atoms with Gasteiger partial charge in [0.05, 0.1) is 6.61 Å². The number of rotatable bonds is 3. The van der Waals surface area contributed by atoms with Gasteiger partial charge < -0.3 is 10.0 Å². The third-order valence-corrected chi connectivity index (χ3v) is 5.58. The Hall–Kier alpha value is -0.930. The van der Waals surface area contributed by atoms with Gasteiger partial charge in [0.2, 0.25) is 0 Å². The lowest BCUT2D eigenvalue weighted by molar-refractivity contribution is 0.0776.